The molecule has 3 heteroatoms. The van der Waals surface area contributed by atoms with Crippen LogP contribution in [0.3, 0.4) is 0 Å². The van der Waals surface area contributed by atoms with E-state index >= 15 is 0 Å². The lowest BCUT2D eigenvalue weighted by Crippen LogP contribution is -2.57. The van der Waals surface area contributed by atoms with E-state index in [2.05, 4.69) is 67.8 Å². The van der Waals surface area contributed by atoms with Crippen molar-refractivity contribution in [2.75, 3.05) is 20.3 Å². The summed E-state index contributed by atoms with van der Waals surface area (Å²) in [7, 11) is 2.07. The second-order valence-electron chi connectivity index (χ2n) is 9.39. The van der Waals surface area contributed by atoms with Gasteiger partial charge in [0.05, 0.1) is 17.8 Å². The van der Waals surface area contributed by atoms with Gasteiger partial charge in [-0.05, 0) is 72.8 Å². The van der Waals surface area contributed by atoms with Gasteiger partial charge in [0, 0.05) is 18.1 Å². The maximum atomic E-state index is 6.53. The van der Waals surface area contributed by atoms with Crippen LogP contribution in [0.2, 0.25) is 0 Å². The minimum Gasteiger partial charge on any atom is -0.376 e. The molecule has 0 radical (unpaired) electrons. The van der Waals surface area contributed by atoms with Crippen molar-refractivity contribution in [2.24, 2.45) is 11.3 Å². The van der Waals surface area contributed by atoms with E-state index in [0.717, 1.165) is 26.1 Å². The molecule has 138 valence electrons. The van der Waals surface area contributed by atoms with Gasteiger partial charge in [-0.3, -0.25) is 0 Å². The molecule has 23 heavy (non-hydrogen) atoms. The molecule has 3 unspecified atom stereocenters. The Bertz CT molecular complexity index is 370. The summed E-state index contributed by atoms with van der Waals surface area (Å²) in [5.41, 5.74) is 0.166. The second-order valence-corrected chi connectivity index (χ2v) is 9.39. The van der Waals surface area contributed by atoms with Gasteiger partial charge in [-0.25, -0.2) is 0 Å². The van der Waals surface area contributed by atoms with Gasteiger partial charge in [0.15, 0.2) is 0 Å². The number of hydrogen-bond acceptors (Lipinski definition) is 3. The van der Waals surface area contributed by atoms with Crippen LogP contribution in [0.5, 0.6) is 0 Å². The summed E-state index contributed by atoms with van der Waals surface area (Å²) < 4.78 is 12.5. The lowest BCUT2D eigenvalue weighted by Gasteiger charge is -2.50. The molecule has 1 rings (SSSR count). The molecule has 0 aliphatic heterocycles. The maximum Gasteiger partial charge on any atom is 0.0703 e. The van der Waals surface area contributed by atoms with Crippen molar-refractivity contribution in [3.63, 3.8) is 0 Å². The molecule has 3 atom stereocenters. The fraction of sp³-hybridized carbons (Fsp3) is 1.00. The molecule has 0 amide bonds. The van der Waals surface area contributed by atoms with Crippen LogP contribution >= 0.6 is 0 Å². The summed E-state index contributed by atoms with van der Waals surface area (Å²) >= 11 is 0. The van der Waals surface area contributed by atoms with Gasteiger partial charge in [-0.1, -0.05) is 20.8 Å². The molecule has 0 spiro atoms. The van der Waals surface area contributed by atoms with Crippen molar-refractivity contribution in [2.45, 2.75) is 97.8 Å². The Morgan fingerprint density at radius 2 is 1.70 bits per heavy atom. The van der Waals surface area contributed by atoms with E-state index in [1.807, 2.05) is 0 Å². The smallest absolute Gasteiger partial charge is 0.0703 e. The third-order valence-corrected chi connectivity index (χ3v) is 6.46. The first-order chi connectivity index (χ1) is 10.4. The largest absolute Gasteiger partial charge is 0.376 e. The zero-order valence-corrected chi connectivity index (χ0v) is 17.1. The Morgan fingerprint density at radius 3 is 2.09 bits per heavy atom. The zero-order chi connectivity index (χ0) is 17.9. The van der Waals surface area contributed by atoms with Crippen molar-refractivity contribution in [1.29, 1.82) is 0 Å². The molecule has 0 aromatic carbocycles. The number of hydrogen-bond donors (Lipinski definition) is 1. The molecule has 0 saturated heterocycles. The summed E-state index contributed by atoms with van der Waals surface area (Å²) in [5, 5.41) is 3.47. The first kappa shape index (κ1) is 20.9. The fourth-order valence-corrected chi connectivity index (χ4v) is 3.32. The highest BCUT2D eigenvalue weighted by molar-refractivity contribution is 4.99. The fourth-order valence-electron chi connectivity index (χ4n) is 3.32. The summed E-state index contributed by atoms with van der Waals surface area (Å²) in [5.74, 6) is 0.625. The van der Waals surface area contributed by atoms with Crippen LogP contribution in [0.4, 0.5) is 0 Å². The average Bonchev–Trinajstić information content (AvgIpc) is 2.43. The summed E-state index contributed by atoms with van der Waals surface area (Å²) in [6.45, 7) is 19.5. The van der Waals surface area contributed by atoms with E-state index in [0.29, 0.717) is 5.92 Å². The van der Waals surface area contributed by atoms with Crippen LogP contribution in [-0.4, -0.2) is 37.0 Å². The highest BCUT2D eigenvalue weighted by atomic mass is 16.5. The molecule has 1 aliphatic carbocycles. The monoisotopic (exact) mass is 327 g/mol. The molecule has 1 aliphatic rings. The maximum absolute atomic E-state index is 6.53. The van der Waals surface area contributed by atoms with Gasteiger partial charge >= 0.3 is 0 Å². The van der Waals surface area contributed by atoms with Gasteiger partial charge in [0.25, 0.3) is 0 Å². The van der Waals surface area contributed by atoms with Gasteiger partial charge in [0.1, 0.15) is 0 Å². The molecular weight excluding hydrogens is 286 g/mol. The highest BCUT2D eigenvalue weighted by Crippen LogP contribution is 2.43. The zero-order valence-electron chi connectivity index (χ0n) is 17.1. The molecule has 0 heterocycles. The average molecular weight is 328 g/mol. The summed E-state index contributed by atoms with van der Waals surface area (Å²) in [6, 6.07) is 0. The van der Waals surface area contributed by atoms with E-state index < -0.39 is 0 Å². The minimum absolute atomic E-state index is 0.0694. The van der Waals surface area contributed by atoms with E-state index in [9.17, 15) is 0 Å². The van der Waals surface area contributed by atoms with E-state index in [1.54, 1.807) is 0 Å². The topological polar surface area (TPSA) is 30.5 Å². The van der Waals surface area contributed by atoms with E-state index in [1.165, 1.54) is 12.8 Å². The molecule has 1 saturated carbocycles. The van der Waals surface area contributed by atoms with Crippen LogP contribution in [0.1, 0.15) is 81.1 Å². The SMILES string of the molecule is CCC(C)(OCC1CCC1(C)NC)C(C)(C)CCOC(C)(C)C. The van der Waals surface area contributed by atoms with Crippen molar-refractivity contribution in [3.05, 3.63) is 0 Å². The molecular formula is C20H41NO2. The standard InChI is InChI=1S/C20H41NO2/c1-10-20(8,18(5,6)13-14-22-17(2,3)4)23-15-16-11-12-19(16,7)21-9/h16,21H,10-15H2,1-9H3. The lowest BCUT2D eigenvalue weighted by atomic mass is 9.67. The molecule has 3 nitrogen and oxygen atoms in total. The third kappa shape index (κ3) is 5.17. The van der Waals surface area contributed by atoms with Crippen LogP contribution in [0.15, 0.2) is 0 Å². The first-order valence-corrected chi connectivity index (χ1v) is 9.36. The molecule has 0 bridgehead atoms. The Kier molecular flexibility index (Phi) is 6.74. The van der Waals surface area contributed by atoms with Crippen molar-refractivity contribution in [1.82, 2.24) is 5.32 Å². The normalized spacial score (nSPS) is 28.3. The van der Waals surface area contributed by atoms with E-state index in [-0.39, 0.29) is 22.2 Å². The van der Waals surface area contributed by atoms with Crippen molar-refractivity contribution in [3.8, 4) is 0 Å². The first-order valence-electron chi connectivity index (χ1n) is 9.36. The lowest BCUT2D eigenvalue weighted by molar-refractivity contribution is -0.150. The van der Waals surface area contributed by atoms with Crippen LogP contribution in [0, 0.1) is 11.3 Å². The summed E-state index contributed by atoms with van der Waals surface area (Å²) in [6.07, 6.45) is 4.56. The van der Waals surface area contributed by atoms with Gasteiger partial charge in [-0.2, -0.15) is 0 Å². The van der Waals surface area contributed by atoms with E-state index in [4.69, 9.17) is 9.47 Å². The number of nitrogens with one attached hydrogen (secondary N) is 1. The van der Waals surface area contributed by atoms with Crippen LogP contribution < -0.4 is 5.32 Å². The Morgan fingerprint density at radius 1 is 1.09 bits per heavy atom. The third-order valence-electron chi connectivity index (χ3n) is 6.46. The summed E-state index contributed by atoms with van der Waals surface area (Å²) in [4.78, 5) is 0. The van der Waals surface area contributed by atoms with Crippen molar-refractivity contribution >= 4 is 0 Å². The predicted molar refractivity (Wildman–Crippen MR) is 98.9 cm³/mol. The quantitative estimate of drug-likeness (QED) is 0.660. The Balaban J connectivity index is 2.60. The molecule has 1 N–H and O–H groups in total. The van der Waals surface area contributed by atoms with Crippen LogP contribution in [0.25, 0.3) is 0 Å². The Hall–Kier alpha value is -0.120. The minimum atomic E-state index is -0.113. The predicted octanol–water partition coefficient (Wildman–Crippen LogP) is 4.79. The molecule has 0 aromatic heterocycles. The van der Waals surface area contributed by atoms with Crippen molar-refractivity contribution < 1.29 is 9.47 Å². The van der Waals surface area contributed by atoms with Gasteiger partial charge in [-0.15, -0.1) is 0 Å². The number of rotatable bonds is 9. The second kappa shape index (κ2) is 7.41. The molecule has 1 fully saturated rings. The highest BCUT2D eigenvalue weighted by Gasteiger charge is 2.45. The van der Waals surface area contributed by atoms with Crippen LogP contribution in [-0.2, 0) is 9.47 Å². The number of ether oxygens (including phenoxy) is 2. The Labute approximate surface area is 144 Å². The molecule has 0 aromatic rings. The van der Waals surface area contributed by atoms with Gasteiger partial charge in [0.2, 0.25) is 0 Å². The van der Waals surface area contributed by atoms with Gasteiger partial charge < -0.3 is 14.8 Å².